The highest BCUT2D eigenvalue weighted by atomic mass is 16.2. The van der Waals surface area contributed by atoms with Gasteiger partial charge in [-0.2, -0.15) is 0 Å². The van der Waals surface area contributed by atoms with Crippen LogP contribution in [0.3, 0.4) is 0 Å². The lowest BCUT2D eigenvalue weighted by Crippen LogP contribution is -2.45. The van der Waals surface area contributed by atoms with Crippen molar-refractivity contribution >= 4 is 11.7 Å². The van der Waals surface area contributed by atoms with Crippen molar-refractivity contribution in [1.82, 2.24) is 14.8 Å². The van der Waals surface area contributed by atoms with Gasteiger partial charge in [0, 0.05) is 32.7 Å². The summed E-state index contributed by atoms with van der Waals surface area (Å²) in [5.74, 6) is 0.780. The third-order valence-electron chi connectivity index (χ3n) is 4.20. The third kappa shape index (κ3) is 3.94. The van der Waals surface area contributed by atoms with Crippen LogP contribution in [0.25, 0.3) is 0 Å². The van der Waals surface area contributed by atoms with E-state index < -0.39 is 0 Å². The largest absolute Gasteiger partial charge is 0.370 e. The number of likely N-dealkylation sites (tertiary alicyclic amines) is 1. The summed E-state index contributed by atoms with van der Waals surface area (Å²) in [7, 11) is 1.90. The normalized spacial score (nSPS) is 16.7. The number of carbonyl (C=O) groups is 1. The van der Waals surface area contributed by atoms with Crippen LogP contribution in [0.2, 0.25) is 0 Å². The minimum atomic E-state index is 0.0182. The van der Waals surface area contributed by atoms with Crippen LogP contribution < -0.4 is 5.32 Å². The summed E-state index contributed by atoms with van der Waals surface area (Å²) in [5.41, 5.74) is 0.522. The Hall–Kier alpha value is -1.62. The van der Waals surface area contributed by atoms with Gasteiger partial charge >= 0.3 is 0 Å². The fourth-order valence-corrected chi connectivity index (χ4v) is 2.80. The Labute approximate surface area is 127 Å². The summed E-state index contributed by atoms with van der Waals surface area (Å²) in [6.07, 6.45) is 2.09. The van der Waals surface area contributed by atoms with Crippen LogP contribution in [0.15, 0.2) is 18.2 Å². The van der Waals surface area contributed by atoms with Crippen molar-refractivity contribution in [2.75, 3.05) is 38.5 Å². The third-order valence-corrected chi connectivity index (χ3v) is 4.20. The molecule has 0 aliphatic carbocycles. The molecule has 21 heavy (non-hydrogen) atoms. The number of carbonyl (C=O) groups excluding carboxylic acids is 1. The van der Waals surface area contributed by atoms with E-state index in [1.165, 1.54) is 0 Å². The molecular formula is C16H26N4O. The molecular weight excluding hydrogens is 264 g/mol. The second kappa shape index (κ2) is 7.41. The molecule has 1 aromatic heterocycles. The molecule has 2 heterocycles. The van der Waals surface area contributed by atoms with Gasteiger partial charge < -0.3 is 15.1 Å². The summed E-state index contributed by atoms with van der Waals surface area (Å²) >= 11 is 0. The van der Waals surface area contributed by atoms with E-state index >= 15 is 0 Å². The Balaban J connectivity index is 2.00. The minimum Gasteiger partial charge on any atom is -0.370 e. The van der Waals surface area contributed by atoms with Crippen molar-refractivity contribution in [2.24, 2.45) is 0 Å². The molecule has 0 aromatic carbocycles. The zero-order chi connectivity index (χ0) is 15.2. The van der Waals surface area contributed by atoms with Crippen molar-refractivity contribution in [1.29, 1.82) is 0 Å². The molecule has 2 rings (SSSR count). The Kier molecular flexibility index (Phi) is 5.56. The molecule has 1 N–H and O–H groups in total. The summed E-state index contributed by atoms with van der Waals surface area (Å²) in [5, 5.41) is 3.15. The van der Waals surface area contributed by atoms with E-state index in [9.17, 15) is 4.79 Å². The lowest BCUT2D eigenvalue weighted by atomic mass is 10.0. The molecule has 116 valence electrons. The highest BCUT2D eigenvalue weighted by Gasteiger charge is 2.26. The number of amides is 1. The standard InChI is InChI=1S/C16H26N4O/c1-4-17-15-8-6-7-14(18-15)16(21)19(3)13-9-11-20(5-2)12-10-13/h6-8,13H,4-5,9-12H2,1-3H3,(H,17,18). The fraction of sp³-hybridized carbons (Fsp3) is 0.625. The van der Waals surface area contributed by atoms with Crippen LogP contribution >= 0.6 is 0 Å². The van der Waals surface area contributed by atoms with E-state index in [0.29, 0.717) is 11.7 Å². The molecule has 5 heteroatoms. The van der Waals surface area contributed by atoms with Gasteiger partial charge in [0.1, 0.15) is 11.5 Å². The number of nitrogens with one attached hydrogen (secondary N) is 1. The average molecular weight is 290 g/mol. The molecule has 0 unspecified atom stereocenters. The zero-order valence-corrected chi connectivity index (χ0v) is 13.3. The van der Waals surface area contributed by atoms with Crippen LogP contribution in [0.4, 0.5) is 5.82 Å². The van der Waals surface area contributed by atoms with Crippen LogP contribution in [0.1, 0.15) is 37.2 Å². The average Bonchev–Trinajstić information content (AvgIpc) is 2.54. The van der Waals surface area contributed by atoms with E-state index in [4.69, 9.17) is 0 Å². The quantitative estimate of drug-likeness (QED) is 0.902. The van der Waals surface area contributed by atoms with Crippen molar-refractivity contribution in [3.8, 4) is 0 Å². The number of piperidine rings is 1. The summed E-state index contributed by atoms with van der Waals surface area (Å²) in [4.78, 5) is 21.3. The smallest absolute Gasteiger partial charge is 0.272 e. The Morgan fingerprint density at radius 3 is 2.71 bits per heavy atom. The molecule has 0 saturated carbocycles. The van der Waals surface area contributed by atoms with Crippen LogP contribution in [0, 0.1) is 0 Å². The highest BCUT2D eigenvalue weighted by Crippen LogP contribution is 2.17. The molecule has 0 atom stereocenters. The van der Waals surface area contributed by atoms with Gasteiger partial charge in [-0.05, 0) is 38.4 Å². The van der Waals surface area contributed by atoms with E-state index in [-0.39, 0.29) is 5.91 Å². The predicted molar refractivity (Wildman–Crippen MR) is 85.6 cm³/mol. The van der Waals surface area contributed by atoms with Gasteiger partial charge in [-0.15, -0.1) is 0 Å². The van der Waals surface area contributed by atoms with E-state index in [1.54, 1.807) is 6.07 Å². The Bertz CT molecular complexity index is 469. The summed E-state index contributed by atoms with van der Waals surface area (Å²) in [6, 6.07) is 5.89. The molecule has 1 amide bonds. The van der Waals surface area contributed by atoms with Gasteiger partial charge in [-0.25, -0.2) is 4.98 Å². The van der Waals surface area contributed by atoms with Crippen molar-refractivity contribution < 1.29 is 4.79 Å². The molecule has 0 bridgehead atoms. The number of aromatic nitrogens is 1. The van der Waals surface area contributed by atoms with Crippen LogP contribution in [-0.2, 0) is 0 Å². The molecule has 1 aromatic rings. The molecule has 0 radical (unpaired) electrons. The summed E-state index contributed by atoms with van der Waals surface area (Å²) < 4.78 is 0. The van der Waals surface area contributed by atoms with Crippen LogP contribution in [-0.4, -0.2) is 60.0 Å². The number of hydrogen-bond donors (Lipinski definition) is 1. The van der Waals surface area contributed by atoms with Crippen LogP contribution in [0.5, 0.6) is 0 Å². The van der Waals surface area contributed by atoms with Gasteiger partial charge in [0.05, 0.1) is 0 Å². The lowest BCUT2D eigenvalue weighted by Gasteiger charge is -2.36. The monoisotopic (exact) mass is 290 g/mol. The van der Waals surface area contributed by atoms with Gasteiger partial charge in [-0.1, -0.05) is 13.0 Å². The maximum atomic E-state index is 12.6. The zero-order valence-electron chi connectivity index (χ0n) is 13.3. The van der Waals surface area contributed by atoms with Gasteiger partial charge in [0.15, 0.2) is 0 Å². The first kappa shape index (κ1) is 15.8. The number of anilines is 1. The topological polar surface area (TPSA) is 48.5 Å². The Morgan fingerprint density at radius 1 is 1.38 bits per heavy atom. The van der Waals surface area contributed by atoms with Crippen molar-refractivity contribution in [2.45, 2.75) is 32.7 Å². The maximum absolute atomic E-state index is 12.6. The number of hydrogen-bond acceptors (Lipinski definition) is 4. The summed E-state index contributed by atoms with van der Waals surface area (Å²) in [6.45, 7) is 8.25. The number of nitrogens with zero attached hydrogens (tertiary/aromatic N) is 3. The second-order valence-electron chi connectivity index (χ2n) is 5.52. The highest BCUT2D eigenvalue weighted by molar-refractivity contribution is 5.92. The van der Waals surface area contributed by atoms with Crippen molar-refractivity contribution in [3.05, 3.63) is 23.9 Å². The molecule has 1 aliphatic heterocycles. The SMILES string of the molecule is CCNc1cccc(C(=O)N(C)C2CCN(CC)CC2)n1. The van der Waals surface area contributed by atoms with Crippen molar-refractivity contribution in [3.63, 3.8) is 0 Å². The predicted octanol–water partition coefficient (Wildman–Crippen LogP) is 2.07. The fourth-order valence-electron chi connectivity index (χ4n) is 2.80. The maximum Gasteiger partial charge on any atom is 0.272 e. The Morgan fingerprint density at radius 2 is 2.10 bits per heavy atom. The minimum absolute atomic E-state index is 0.0182. The molecule has 1 aliphatic rings. The second-order valence-corrected chi connectivity index (χ2v) is 5.52. The number of pyridine rings is 1. The first-order chi connectivity index (χ1) is 10.2. The van der Waals surface area contributed by atoms with Gasteiger partial charge in [-0.3, -0.25) is 4.79 Å². The molecule has 1 fully saturated rings. The first-order valence-corrected chi connectivity index (χ1v) is 7.86. The van der Waals surface area contributed by atoms with Gasteiger partial charge in [0.25, 0.3) is 5.91 Å². The van der Waals surface area contributed by atoms with Gasteiger partial charge in [0.2, 0.25) is 0 Å². The molecule has 1 saturated heterocycles. The van der Waals surface area contributed by atoms with E-state index in [0.717, 1.165) is 44.8 Å². The van der Waals surface area contributed by atoms with E-state index in [1.807, 2.05) is 31.0 Å². The first-order valence-electron chi connectivity index (χ1n) is 7.86. The van der Waals surface area contributed by atoms with E-state index in [2.05, 4.69) is 22.1 Å². The lowest BCUT2D eigenvalue weighted by molar-refractivity contribution is 0.0641. The molecule has 5 nitrogen and oxygen atoms in total. The molecule has 0 spiro atoms. The number of rotatable bonds is 5.